The normalized spacial score (nSPS) is 14.2. The Labute approximate surface area is 299 Å². The number of para-hydroxylation sites is 1. The Morgan fingerprint density at radius 3 is 2.29 bits per heavy atom. The minimum Gasteiger partial charge on any atom is -0.497 e. The first-order chi connectivity index (χ1) is 24.9. The highest BCUT2D eigenvalue weighted by Gasteiger charge is 2.25. The fourth-order valence-corrected chi connectivity index (χ4v) is 6.93. The van der Waals surface area contributed by atoms with Crippen LogP contribution in [-0.2, 0) is 6.42 Å². The van der Waals surface area contributed by atoms with Gasteiger partial charge in [0.1, 0.15) is 5.75 Å². The molecule has 1 aliphatic rings. The van der Waals surface area contributed by atoms with Gasteiger partial charge in [-0.3, -0.25) is 9.78 Å². The smallest absolute Gasteiger partial charge is 0.253 e. The maximum Gasteiger partial charge on any atom is 0.253 e. The lowest BCUT2D eigenvalue weighted by atomic mass is 9.93. The van der Waals surface area contributed by atoms with Gasteiger partial charge in [-0.1, -0.05) is 24.3 Å². The van der Waals surface area contributed by atoms with E-state index in [2.05, 4.69) is 50.5 Å². The Hall–Kier alpha value is -5.29. The molecule has 1 unspecified atom stereocenters. The van der Waals surface area contributed by atoms with Crippen molar-refractivity contribution >= 4 is 22.9 Å². The predicted octanol–water partition coefficient (Wildman–Crippen LogP) is 6.41. The SMILES string of the molecule is COc1ccc(C(CCN2CCC(Nc3nc4c(Cc5ccncc5)cccc4[nH]3)CC2)CN(C)C(=O)c2cc(OC)c(OC)c(OC)c2)cc1. The third-order valence-corrected chi connectivity index (χ3v) is 9.80. The van der Waals surface area contributed by atoms with Crippen LogP contribution in [0, 0.1) is 0 Å². The number of likely N-dealkylation sites (N-methyl/N-ethyl adjacent to an activating group) is 1. The molecule has 2 aromatic heterocycles. The van der Waals surface area contributed by atoms with Crippen molar-refractivity contribution in [2.75, 3.05) is 67.0 Å². The van der Waals surface area contributed by atoms with Crippen LogP contribution in [0.3, 0.4) is 0 Å². The molecule has 5 aromatic rings. The summed E-state index contributed by atoms with van der Waals surface area (Å²) in [5, 5.41) is 3.68. The van der Waals surface area contributed by atoms with E-state index in [4.69, 9.17) is 23.9 Å². The fourth-order valence-electron chi connectivity index (χ4n) is 6.93. The average molecular weight is 693 g/mol. The highest BCUT2D eigenvalue weighted by molar-refractivity contribution is 5.95. The number of likely N-dealkylation sites (tertiary alicyclic amines) is 1. The topological polar surface area (TPSA) is 114 Å². The van der Waals surface area contributed by atoms with Gasteiger partial charge in [0.05, 0.1) is 39.5 Å². The number of piperidine rings is 1. The third kappa shape index (κ3) is 8.54. The lowest BCUT2D eigenvalue weighted by Crippen LogP contribution is -2.40. The number of anilines is 1. The van der Waals surface area contributed by atoms with Crippen LogP contribution in [0.15, 0.2) is 79.1 Å². The number of amides is 1. The second-order valence-corrected chi connectivity index (χ2v) is 13.0. The van der Waals surface area contributed by atoms with Crippen LogP contribution in [0.1, 0.15) is 52.2 Å². The fraction of sp³-hybridized carbons (Fsp3) is 0.375. The number of H-pyrrole nitrogens is 1. The van der Waals surface area contributed by atoms with Crippen LogP contribution in [0.25, 0.3) is 11.0 Å². The van der Waals surface area contributed by atoms with Crippen molar-refractivity contribution in [3.05, 3.63) is 101 Å². The van der Waals surface area contributed by atoms with Crippen LogP contribution in [-0.4, -0.2) is 98.4 Å². The number of ether oxygens (including phenoxy) is 4. The standard InChI is InChI=1S/C40H48N6O5/c1-45(39(47)31-24-35(49-3)38(51-5)36(25-31)50-4)26-30(28-9-11-33(48-2)12-10-28)15-20-46-21-16-32(17-22-46)42-40-43-34-8-6-7-29(37(34)44-40)23-27-13-18-41-19-14-27/h6-14,18-19,24-25,30,32H,15-17,20-23,26H2,1-5H3,(H2,42,43,44). The zero-order valence-corrected chi connectivity index (χ0v) is 30.1. The largest absolute Gasteiger partial charge is 0.497 e. The minimum absolute atomic E-state index is 0.116. The van der Waals surface area contributed by atoms with Crippen LogP contribution >= 0.6 is 0 Å². The Balaban J connectivity index is 1.07. The molecule has 2 N–H and O–H groups in total. The molecule has 11 nitrogen and oxygen atoms in total. The van der Waals surface area contributed by atoms with Crippen molar-refractivity contribution in [2.24, 2.45) is 0 Å². The summed E-state index contributed by atoms with van der Waals surface area (Å²) in [6.45, 7) is 3.45. The summed E-state index contributed by atoms with van der Waals surface area (Å²) in [6.07, 6.45) is 7.42. The number of methoxy groups -OCH3 is 4. The maximum atomic E-state index is 13.7. The van der Waals surface area contributed by atoms with E-state index in [1.807, 2.05) is 43.7 Å². The second-order valence-electron chi connectivity index (χ2n) is 13.0. The molecule has 1 atom stereocenters. The number of benzene rings is 3. The van der Waals surface area contributed by atoms with E-state index in [1.54, 1.807) is 45.5 Å². The van der Waals surface area contributed by atoms with E-state index in [0.29, 0.717) is 35.4 Å². The number of rotatable bonds is 15. The summed E-state index contributed by atoms with van der Waals surface area (Å²) in [4.78, 5) is 30.6. The van der Waals surface area contributed by atoms with Gasteiger partial charge >= 0.3 is 0 Å². The van der Waals surface area contributed by atoms with Gasteiger partial charge in [0.2, 0.25) is 11.7 Å². The molecular weight excluding hydrogens is 644 g/mol. The molecule has 1 saturated heterocycles. The molecule has 1 fully saturated rings. The Kier molecular flexibility index (Phi) is 11.6. The lowest BCUT2D eigenvalue weighted by Gasteiger charge is -2.34. The summed E-state index contributed by atoms with van der Waals surface area (Å²) in [5.74, 6) is 2.99. The molecule has 1 aliphatic heterocycles. The quantitative estimate of drug-likeness (QED) is 0.129. The second kappa shape index (κ2) is 16.6. The van der Waals surface area contributed by atoms with E-state index >= 15 is 0 Å². The van der Waals surface area contributed by atoms with Crippen molar-refractivity contribution in [1.82, 2.24) is 24.8 Å². The average Bonchev–Trinajstić information content (AvgIpc) is 3.60. The first-order valence-electron chi connectivity index (χ1n) is 17.4. The summed E-state index contributed by atoms with van der Waals surface area (Å²) in [7, 11) is 8.17. The summed E-state index contributed by atoms with van der Waals surface area (Å²) in [5.41, 5.74) is 6.11. The van der Waals surface area contributed by atoms with Gasteiger partial charge in [-0.15, -0.1) is 0 Å². The molecule has 0 saturated carbocycles. The Bertz CT molecular complexity index is 1860. The number of pyridine rings is 1. The molecule has 3 aromatic carbocycles. The lowest BCUT2D eigenvalue weighted by molar-refractivity contribution is 0.0781. The van der Waals surface area contributed by atoms with Crippen molar-refractivity contribution in [2.45, 2.75) is 37.6 Å². The van der Waals surface area contributed by atoms with Gasteiger partial charge in [-0.25, -0.2) is 4.98 Å². The molecule has 0 aliphatic carbocycles. The van der Waals surface area contributed by atoms with Gasteiger partial charge in [0, 0.05) is 56.6 Å². The molecule has 6 rings (SSSR count). The van der Waals surface area contributed by atoms with Gasteiger partial charge < -0.3 is 39.0 Å². The number of nitrogens with one attached hydrogen (secondary N) is 2. The van der Waals surface area contributed by atoms with Gasteiger partial charge in [0.25, 0.3) is 5.91 Å². The number of aromatic amines is 1. The summed E-state index contributed by atoms with van der Waals surface area (Å²) < 4.78 is 21.9. The van der Waals surface area contributed by atoms with Crippen molar-refractivity contribution < 1.29 is 23.7 Å². The molecule has 0 spiro atoms. The molecule has 0 bridgehead atoms. The van der Waals surface area contributed by atoms with Gasteiger partial charge in [-0.05, 0) is 91.4 Å². The number of hydrogen-bond donors (Lipinski definition) is 2. The number of carbonyl (C=O) groups excluding carboxylic acids is 1. The monoisotopic (exact) mass is 692 g/mol. The van der Waals surface area contributed by atoms with E-state index in [9.17, 15) is 4.79 Å². The zero-order valence-electron chi connectivity index (χ0n) is 30.1. The molecule has 51 heavy (non-hydrogen) atoms. The van der Waals surface area contributed by atoms with Crippen LogP contribution in [0.5, 0.6) is 23.0 Å². The maximum absolute atomic E-state index is 13.7. The molecule has 11 heteroatoms. The van der Waals surface area contributed by atoms with Crippen molar-refractivity contribution in [1.29, 1.82) is 0 Å². The van der Waals surface area contributed by atoms with Crippen LogP contribution in [0.2, 0.25) is 0 Å². The number of nitrogens with zero attached hydrogens (tertiary/aromatic N) is 4. The Morgan fingerprint density at radius 1 is 0.941 bits per heavy atom. The minimum atomic E-state index is -0.116. The van der Waals surface area contributed by atoms with E-state index in [1.165, 1.54) is 16.7 Å². The van der Waals surface area contributed by atoms with Gasteiger partial charge in [-0.2, -0.15) is 0 Å². The number of hydrogen-bond acceptors (Lipinski definition) is 9. The van der Waals surface area contributed by atoms with E-state index < -0.39 is 0 Å². The molecule has 268 valence electrons. The number of imidazole rings is 1. The van der Waals surface area contributed by atoms with E-state index in [-0.39, 0.29) is 11.8 Å². The highest BCUT2D eigenvalue weighted by Crippen LogP contribution is 2.38. The first kappa shape index (κ1) is 35.5. The molecule has 0 radical (unpaired) electrons. The number of aromatic nitrogens is 3. The summed E-state index contributed by atoms with van der Waals surface area (Å²) >= 11 is 0. The zero-order chi connectivity index (χ0) is 35.7. The van der Waals surface area contributed by atoms with Crippen molar-refractivity contribution in [3.63, 3.8) is 0 Å². The van der Waals surface area contributed by atoms with E-state index in [0.717, 1.165) is 68.0 Å². The third-order valence-electron chi connectivity index (χ3n) is 9.80. The first-order valence-corrected chi connectivity index (χ1v) is 17.4. The van der Waals surface area contributed by atoms with Crippen LogP contribution in [0.4, 0.5) is 5.95 Å². The molecule has 1 amide bonds. The Morgan fingerprint density at radius 2 is 1.65 bits per heavy atom. The molecular formula is C40H48N6O5. The number of fused-ring (bicyclic) bond motifs is 1. The summed E-state index contributed by atoms with van der Waals surface area (Å²) in [6, 6.07) is 22.3. The van der Waals surface area contributed by atoms with Crippen LogP contribution < -0.4 is 24.3 Å². The molecule has 3 heterocycles. The van der Waals surface area contributed by atoms with Crippen molar-refractivity contribution in [3.8, 4) is 23.0 Å². The number of carbonyl (C=O) groups is 1. The predicted molar refractivity (Wildman–Crippen MR) is 200 cm³/mol. The highest BCUT2D eigenvalue weighted by atomic mass is 16.5. The van der Waals surface area contributed by atoms with Gasteiger partial charge in [0.15, 0.2) is 11.5 Å².